The van der Waals surface area contributed by atoms with Crippen molar-refractivity contribution >= 4 is 0 Å². The molecule has 0 aromatic rings. The van der Waals surface area contributed by atoms with Gasteiger partial charge in [-0.3, -0.25) is 0 Å². The predicted molar refractivity (Wildman–Crippen MR) is 74.2 cm³/mol. The quantitative estimate of drug-likeness (QED) is 0.590. The molecule has 0 spiro atoms. The van der Waals surface area contributed by atoms with Gasteiger partial charge in [-0.15, -0.1) is 12.3 Å². The molecule has 3 heteroatoms. The molecule has 0 saturated carbocycles. The second-order valence-electron chi connectivity index (χ2n) is 5.17. The summed E-state index contributed by atoms with van der Waals surface area (Å²) in [5, 5.41) is 19.4. The highest BCUT2D eigenvalue weighted by atomic mass is 16.5. The highest BCUT2D eigenvalue weighted by molar-refractivity contribution is 4.87. The van der Waals surface area contributed by atoms with E-state index in [1.165, 1.54) is 0 Å². The van der Waals surface area contributed by atoms with Gasteiger partial charge in [-0.2, -0.15) is 0 Å². The maximum absolute atomic E-state index is 9.77. The average molecular weight is 256 g/mol. The van der Waals surface area contributed by atoms with Crippen molar-refractivity contribution in [2.24, 2.45) is 5.92 Å². The van der Waals surface area contributed by atoms with Gasteiger partial charge in [-0.25, -0.2) is 0 Å². The van der Waals surface area contributed by atoms with Crippen LogP contribution >= 0.6 is 0 Å². The Labute approximate surface area is 112 Å². The first kappa shape index (κ1) is 17.4. The fraction of sp³-hybridized carbons (Fsp3) is 0.867. The van der Waals surface area contributed by atoms with Gasteiger partial charge in [0.1, 0.15) is 0 Å². The van der Waals surface area contributed by atoms with E-state index in [1.54, 1.807) is 7.11 Å². The smallest absolute Gasteiger partial charge is 0.0651 e. The molecule has 0 aromatic heterocycles. The molecule has 3 nitrogen and oxygen atoms in total. The monoisotopic (exact) mass is 256 g/mol. The summed E-state index contributed by atoms with van der Waals surface area (Å²) in [7, 11) is 1.67. The first-order valence-electron chi connectivity index (χ1n) is 6.85. The van der Waals surface area contributed by atoms with Crippen LogP contribution in [0.3, 0.4) is 0 Å². The summed E-state index contributed by atoms with van der Waals surface area (Å²) < 4.78 is 5.40. The van der Waals surface area contributed by atoms with Crippen LogP contribution in [-0.4, -0.2) is 35.6 Å². The molecule has 0 rings (SSSR count). The van der Waals surface area contributed by atoms with Gasteiger partial charge in [0.25, 0.3) is 0 Å². The summed E-state index contributed by atoms with van der Waals surface area (Å²) in [6, 6.07) is 0. The van der Waals surface area contributed by atoms with E-state index in [0.29, 0.717) is 25.2 Å². The van der Waals surface area contributed by atoms with Gasteiger partial charge in [-0.05, 0) is 31.6 Å². The van der Waals surface area contributed by atoms with Crippen LogP contribution in [0.15, 0.2) is 0 Å². The zero-order valence-electron chi connectivity index (χ0n) is 11.9. The second kappa shape index (κ2) is 10.4. The molecule has 18 heavy (non-hydrogen) atoms. The Morgan fingerprint density at radius 1 is 1.17 bits per heavy atom. The summed E-state index contributed by atoms with van der Waals surface area (Å²) in [5.74, 6) is 2.81. The molecule has 0 aliphatic heterocycles. The fourth-order valence-electron chi connectivity index (χ4n) is 2.27. The molecule has 0 heterocycles. The van der Waals surface area contributed by atoms with Gasteiger partial charge in [0.15, 0.2) is 0 Å². The first-order chi connectivity index (χ1) is 8.53. The van der Waals surface area contributed by atoms with Crippen LogP contribution in [0.4, 0.5) is 0 Å². The molecular weight excluding hydrogens is 228 g/mol. The first-order valence-corrected chi connectivity index (χ1v) is 6.85. The van der Waals surface area contributed by atoms with Gasteiger partial charge < -0.3 is 14.9 Å². The summed E-state index contributed by atoms with van der Waals surface area (Å²) >= 11 is 0. The van der Waals surface area contributed by atoms with Crippen LogP contribution in [0, 0.1) is 18.3 Å². The maximum atomic E-state index is 9.77. The van der Waals surface area contributed by atoms with Crippen LogP contribution in [-0.2, 0) is 4.74 Å². The molecule has 0 saturated heterocycles. The Bertz CT molecular complexity index is 234. The predicted octanol–water partition coefficient (Wildman–Crippen LogP) is 2.35. The molecule has 0 bridgehead atoms. The Balaban J connectivity index is 4.00. The molecule has 0 radical (unpaired) electrons. The van der Waals surface area contributed by atoms with Crippen molar-refractivity contribution in [3.63, 3.8) is 0 Å². The lowest BCUT2D eigenvalue weighted by atomic mass is 9.93. The summed E-state index contributed by atoms with van der Waals surface area (Å²) in [6.07, 6.45) is 8.90. The van der Waals surface area contributed by atoms with Crippen LogP contribution < -0.4 is 0 Å². The molecule has 4 atom stereocenters. The SMILES string of the molecule is C#CC[C@H](O)C[C@@H](C)C[C@@H](C[C@@H](O)CCC)OC. The minimum Gasteiger partial charge on any atom is -0.393 e. The lowest BCUT2D eigenvalue weighted by Crippen LogP contribution is -2.23. The number of methoxy groups -OCH3 is 1. The van der Waals surface area contributed by atoms with Crippen molar-refractivity contribution in [1.82, 2.24) is 0 Å². The van der Waals surface area contributed by atoms with Crippen molar-refractivity contribution in [3.05, 3.63) is 0 Å². The molecule has 0 unspecified atom stereocenters. The van der Waals surface area contributed by atoms with E-state index in [2.05, 4.69) is 19.8 Å². The maximum Gasteiger partial charge on any atom is 0.0651 e. The van der Waals surface area contributed by atoms with E-state index in [1.807, 2.05) is 0 Å². The third-order valence-electron chi connectivity index (χ3n) is 3.18. The van der Waals surface area contributed by atoms with Gasteiger partial charge >= 0.3 is 0 Å². The van der Waals surface area contributed by atoms with Gasteiger partial charge in [-0.1, -0.05) is 20.3 Å². The number of aliphatic hydroxyl groups excluding tert-OH is 2. The van der Waals surface area contributed by atoms with Crippen molar-refractivity contribution in [3.8, 4) is 12.3 Å². The molecule has 0 aliphatic carbocycles. The van der Waals surface area contributed by atoms with E-state index >= 15 is 0 Å². The standard InChI is InChI=1S/C15H28O3/c1-5-7-13(16)9-12(3)10-15(18-4)11-14(17)8-6-2/h1,12-17H,6-11H2,2-4H3/t12-,13+,14+,15+/m1/s1. The number of ether oxygens (including phenoxy) is 1. The highest BCUT2D eigenvalue weighted by Crippen LogP contribution is 2.19. The van der Waals surface area contributed by atoms with Crippen molar-refractivity contribution in [2.45, 2.75) is 70.7 Å². The third kappa shape index (κ3) is 8.52. The third-order valence-corrected chi connectivity index (χ3v) is 3.18. The molecule has 106 valence electrons. The average Bonchev–Trinajstić information content (AvgIpc) is 2.28. The van der Waals surface area contributed by atoms with E-state index in [9.17, 15) is 10.2 Å². The van der Waals surface area contributed by atoms with Crippen LogP contribution in [0.5, 0.6) is 0 Å². The van der Waals surface area contributed by atoms with Crippen LogP contribution in [0.2, 0.25) is 0 Å². The number of hydrogen-bond donors (Lipinski definition) is 2. The van der Waals surface area contributed by atoms with E-state index < -0.39 is 6.10 Å². The number of aliphatic hydroxyl groups is 2. The Morgan fingerprint density at radius 2 is 1.83 bits per heavy atom. The number of hydrogen-bond acceptors (Lipinski definition) is 3. The van der Waals surface area contributed by atoms with Crippen LogP contribution in [0.25, 0.3) is 0 Å². The summed E-state index contributed by atoms with van der Waals surface area (Å²) in [5.41, 5.74) is 0. The molecule has 0 aliphatic rings. The summed E-state index contributed by atoms with van der Waals surface area (Å²) in [4.78, 5) is 0. The molecule has 0 aromatic carbocycles. The Morgan fingerprint density at radius 3 is 2.33 bits per heavy atom. The lowest BCUT2D eigenvalue weighted by Gasteiger charge is -2.23. The van der Waals surface area contributed by atoms with E-state index in [4.69, 9.17) is 11.2 Å². The topological polar surface area (TPSA) is 49.7 Å². The van der Waals surface area contributed by atoms with Crippen LogP contribution in [0.1, 0.15) is 52.4 Å². The Hall–Kier alpha value is -0.560. The van der Waals surface area contributed by atoms with Crippen molar-refractivity contribution < 1.29 is 14.9 Å². The highest BCUT2D eigenvalue weighted by Gasteiger charge is 2.18. The second-order valence-corrected chi connectivity index (χ2v) is 5.17. The van der Waals surface area contributed by atoms with Crippen molar-refractivity contribution in [2.75, 3.05) is 7.11 Å². The largest absolute Gasteiger partial charge is 0.393 e. The number of rotatable bonds is 10. The van der Waals surface area contributed by atoms with E-state index in [0.717, 1.165) is 19.3 Å². The minimum atomic E-state index is -0.428. The summed E-state index contributed by atoms with van der Waals surface area (Å²) in [6.45, 7) is 4.14. The molecule has 0 amide bonds. The fourth-order valence-corrected chi connectivity index (χ4v) is 2.27. The Kier molecular flexibility index (Phi) is 10.0. The molecule has 0 fully saturated rings. The number of terminal acetylenes is 1. The normalized spacial score (nSPS) is 17.8. The van der Waals surface area contributed by atoms with E-state index in [-0.39, 0.29) is 12.2 Å². The zero-order valence-corrected chi connectivity index (χ0v) is 11.9. The lowest BCUT2D eigenvalue weighted by molar-refractivity contribution is 0.0239. The zero-order chi connectivity index (χ0) is 14.0. The molecular formula is C15H28O3. The van der Waals surface area contributed by atoms with Crippen molar-refractivity contribution in [1.29, 1.82) is 0 Å². The van der Waals surface area contributed by atoms with Gasteiger partial charge in [0.2, 0.25) is 0 Å². The van der Waals surface area contributed by atoms with Gasteiger partial charge in [0.05, 0.1) is 18.3 Å². The van der Waals surface area contributed by atoms with Gasteiger partial charge in [0, 0.05) is 13.5 Å². The molecule has 2 N–H and O–H groups in total. The minimum absolute atomic E-state index is 0.0552.